The molecule has 0 saturated heterocycles. The van der Waals surface area contributed by atoms with Crippen LogP contribution < -0.4 is 15.8 Å². The Balaban J connectivity index is 1.50. The SMILES string of the molecule is COC(=O)c1ccc(C(=O)C2C=c3c(ccc4c3=CCc3ccccc3-4)C(C3=CC=CC=CN3)C2)cc1[N+](=O)[O-]. The largest absolute Gasteiger partial charge is 0.465 e. The summed E-state index contributed by atoms with van der Waals surface area (Å²) in [6.07, 6.45) is 15.3. The number of esters is 1. The van der Waals surface area contributed by atoms with Gasteiger partial charge in [0.2, 0.25) is 0 Å². The first-order valence-corrected chi connectivity index (χ1v) is 13.1. The summed E-state index contributed by atoms with van der Waals surface area (Å²) in [4.78, 5) is 37.1. The fourth-order valence-electron chi connectivity index (χ4n) is 5.92. The second kappa shape index (κ2) is 10.3. The molecule has 7 nitrogen and oxygen atoms in total. The van der Waals surface area contributed by atoms with Crippen molar-refractivity contribution in [2.75, 3.05) is 7.11 Å². The molecular formula is C33H26N2O5. The molecule has 0 radical (unpaired) electrons. The van der Waals surface area contributed by atoms with Crippen LogP contribution in [0.15, 0.2) is 90.8 Å². The summed E-state index contributed by atoms with van der Waals surface area (Å²) in [5.41, 5.74) is 5.23. The normalized spacial score (nSPS) is 18.4. The van der Waals surface area contributed by atoms with Crippen LogP contribution in [0.1, 0.15) is 44.2 Å². The lowest BCUT2D eigenvalue weighted by Crippen LogP contribution is -2.40. The zero-order chi connectivity index (χ0) is 27.8. The standard InChI is InChI=1S/C33H26N2O5/c1-40-33(37)27-13-11-21(19-31(27)35(38)39)32(36)22-17-28-25-12-10-20-7-4-5-8-23(20)24(25)14-15-26(28)29(18-22)30-9-3-2-6-16-34-30/h2-9,11-17,19,22,29,34H,10,18H2,1H3. The molecule has 2 unspecified atom stereocenters. The predicted octanol–water partition coefficient (Wildman–Crippen LogP) is 4.71. The van der Waals surface area contributed by atoms with E-state index >= 15 is 0 Å². The molecule has 1 N–H and O–H groups in total. The van der Waals surface area contributed by atoms with Crippen LogP contribution in [0.5, 0.6) is 0 Å². The molecule has 2 aliphatic carbocycles. The number of nitro benzene ring substituents is 1. The highest BCUT2D eigenvalue weighted by Crippen LogP contribution is 2.35. The molecule has 0 amide bonds. The molecule has 0 aromatic heterocycles. The molecule has 0 saturated carbocycles. The number of hydrogen-bond donors (Lipinski definition) is 1. The number of allylic oxidation sites excluding steroid dienone is 5. The van der Waals surface area contributed by atoms with Gasteiger partial charge in [-0.3, -0.25) is 14.9 Å². The maximum absolute atomic E-state index is 13.9. The number of carbonyl (C=O) groups excluding carboxylic acids is 2. The van der Waals surface area contributed by atoms with Crippen molar-refractivity contribution in [1.29, 1.82) is 0 Å². The fraction of sp³-hybridized carbons (Fsp3) is 0.152. The van der Waals surface area contributed by atoms with Crippen LogP contribution >= 0.6 is 0 Å². The summed E-state index contributed by atoms with van der Waals surface area (Å²) in [6, 6.07) is 16.6. The average Bonchev–Trinajstić information content (AvgIpc) is 3.28. The van der Waals surface area contributed by atoms with Gasteiger partial charge in [0.25, 0.3) is 5.69 Å². The maximum Gasteiger partial charge on any atom is 0.344 e. The lowest BCUT2D eigenvalue weighted by atomic mass is 9.75. The summed E-state index contributed by atoms with van der Waals surface area (Å²) in [6.45, 7) is 0. The van der Waals surface area contributed by atoms with E-state index in [2.05, 4.69) is 40.4 Å². The third kappa shape index (κ3) is 4.35. The monoisotopic (exact) mass is 530 g/mol. The first-order chi connectivity index (χ1) is 19.5. The highest BCUT2D eigenvalue weighted by molar-refractivity contribution is 6.03. The van der Waals surface area contributed by atoms with Crippen molar-refractivity contribution in [1.82, 2.24) is 5.32 Å². The van der Waals surface area contributed by atoms with Gasteiger partial charge in [0.1, 0.15) is 5.56 Å². The average molecular weight is 531 g/mol. The number of Topliss-reactive ketones (excluding diaryl/α,β-unsaturated/α-hetero) is 1. The summed E-state index contributed by atoms with van der Waals surface area (Å²) < 4.78 is 4.69. The Labute approximate surface area is 230 Å². The van der Waals surface area contributed by atoms with Crippen molar-refractivity contribution in [3.05, 3.63) is 134 Å². The van der Waals surface area contributed by atoms with Gasteiger partial charge in [-0.25, -0.2) is 4.79 Å². The Morgan fingerprint density at radius 2 is 1.85 bits per heavy atom. The van der Waals surface area contributed by atoms with Gasteiger partial charge in [-0.15, -0.1) is 0 Å². The Morgan fingerprint density at radius 1 is 1.00 bits per heavy atom. The van der Waals surface area contributed by atoms with Gasteiger partial charge in [0, 0.05) is 35.4 Å². The van der Waals surface area contributed by atoms with Crippen molar-refractivity contribution >= 4 is 29.6 Å². The smallest absolute Gasteiger partial charge is 0.344 e. The minimum atomic E-state index is -0.821. The van der Waals surface area contributed by atoms with Crippen LogP contribution in [-0.4, -0.2) is 23.8 Å². The van der Waals surface area contributed by atoms with Gasteiger partial charge in [-0.05, 0) is 63.8 Å². The molecule has 40 heavy (non-hydrogen) atoms. The van der Waals surface area contributed by atoms with Crippen molar-refractivity contribution < 1.29 is 19.2 Å². The minimum Gasteiger partial charge on any atom is -0.465 e. The van der Waals surface area contributed by atoms with Gasteiger partial charge >= 0.3 is 5.97 Å². The topological polar surface area (TPSA) is 98.5 Å². The first kappa shape index (κ1) is 25.2. The maximum atomic E-state index is 13.9. The number of carbonyl (C=O) groups is 2. The van der Waals surface area contributed by atoms with E-state index in [1.54, 1.807) is 0 Å². The van der Waals surface area contributed by atoms with E-state index in [0.717, 1.165) is 40.8 Å². The van der Waals surface area contributed by atoms with Gasteiger partial charge in [0.15, 0.2) is 5.78 Å². The van der Waals surface area contributed by atoms with Crippen LogP contribution in [0.2, 0.25) is 0 Å². The number of methoxy groups -OCH3 is 1. The third-order valence-electron chi connectivity index (χ3n) is 7.83. The molecule has 6 rings (SSSR count). The second-order valence-corrected chi connectivity index (χ2v) is 10.0. The number of fused-ring (bicyclic) bond motifs is 5. The van der Waals surface area contributed by atoms with E-state index in [1.807, 2.05) is 48.7 Å². The summed E-state index contributed by atoms with van der Waals surface area (Å²) in [5.74, 6) is -1.68. The Morgan fingerprint density at radius 3 is 2.67 bits per heavy atom. The van der Waals surface area contributed by atoms with Crippen molar-refractivity contribution in [2.24, 2.45) is 5.92 Å². The number of rotatable bonds is 5. The zero-order valence-corrected chi connectivity index (χ0v) is 21.8. The molecule has 2 atom stereocenters. The molecule has 3 aromatic carbocycles. The number of hydrogen-bond acceptors (Lipinski definition) is 6. The van der Waals surface area contributed by atoms with E-state index in [0.29, 0.717) is 6.42 Å². The quantitative estimate of drug-likeness (QED) is 0.222. The number of ether oxygens (including phenoxy) is 1. The number of nitrogens with zero attached hydrogens (tertiary/aromatic N) is 1. The van der Waals surface area contributed by atoms with Crippen LogP contribution in [0.4, 0.5) is 5.69 Å². The molecule has 3 aliphatic rings. The van der Waals surface area contributed by atoms with E-state index < -0.39 is 22.5 Å². The minimum absolute atomic E-state index is 0.0958. The lowest BCUT2D eigenvalue weighted by molar-refractivity contribution is -0.385. The molecule has 1 heterocycles. The van der Waals surface area contributed by atoms with E-state index in [1.165, 1.54) is 29.3 Å². The summed E-state index contributed by atoms with van der Waals surface area (Å²) >= 11 is 0. The number of nitrogens with one attached hydrogen (secondary N) is 1. The van der Waals surface area contributed by atoms with Crippen LogP contribution in [-0.2, 0) is 11.2 Å². The zero-order valence-electron chi connectivity index (χ0n) is 21.8. The van der Waals surface area contributed by atoms with Crippen molar-refractivity contribution in [3.63, 3.8) is 0 Å². The van der Waals surface area contributed by atoms with Gasteiger partial charge in [0.05, 0.1) is 12.0 Å². The van der Waals surface area contributed by atoms with Gasteiger partial charge in [-0.2, -0.15) is 0 Å². The molecule has 3 aromatic rings. The molecule has 198 valence electrons. The number of nitro groups is 1. The fourth-order valence-corrected chi connectivity index (χ4v) is 5.92. The highest BCUT2D eigenvalue weighted by Gasteiger charge is 2.32. The van der Waals surface area contributed by atoms with Gasteiger partial charge in [-0.1, -0.05) is 66.8 Å². The molecule has 1 aliphatic heterocycles. The molecule has 7 heteroatoms. The van der Waals surface area contributed by atoms with Crippen LogP contribution in [0.25, 0.3) is 23.3 Å². The summed E-state index contributed by atoms with van der Waals surface area (Å²) in [7, 11) is 1.16. The predicted molar refractivity (Wildman–Crippen MR) is 153 cm³/mol. The first-order valence-electron chi connectivity index (χ1n) is 13.1. The molecule has 0 spiro atoms. The van der Waals surface area contributed by atoms with Gasteiger partial charge < -0.3 is 10.1 Å². The lowest BCUT2D eigenvalue weighted by Gasteiger charge is -2.30. The van der Waals surface area contributed by atoms with E-state index in [9.17, 15) is 19.7 Å². The van der Waals surface area contributed by atoms with Crippen LogP contribution in [0, 0.1) is 16.0 Å². The summed E-state index contributed by atoms with van der Waals surface area (Å²) in [5, 5.41) is 17.3. The molecule has 0 bridgehead atoms. The van der Waals surface area contributed by atoms with Crippen LogP contribution in [0.3, 0.4) is 0 Å². The highest BCUT2D eigenvalue weighted by atomic mass is 16.6. The van der Waals surface area contributed by atoms with E-state index in [4.69, 9.17) is 0 Å². The second-order valence-electron chi connectivity index (χ2n) is 10.0. The number of benzene rings is 3. The molecular weight excluding hydrogens is 504 g/mol. The Hall–Kier alpha value is -5.04. The van der Waals surface area contributed by atoms with Crippen molar-refractivity contribution in [2.45, 2.75) is 18.8 Å². The molecule has 0 fully saturated rings. The Kier molecular flexibility index (Phi) is 6.48. The number of ketones is 1. The third-order valence-corrected chi connectivity index (χ3v) is 7.83. The van der Waals surface area contributed by atoms with Crippen molar-refractivity contribution in [3.8, 4) is 11.1 Å². The van der Waals surface area contributed by atoms with E-state index in [-0.39, 0.29) is 22.8 Å². The Bertz CT molecular complexity index is 1800.